The van der Waals surface area contributed by atoms with Crippen molar-refractivity contribution in [3.63, 3.8) is 0 Å². The van der Waals surface area contributed by atoms with E-state index < -0.39 is 11.7 Å². The number of fused-ring (bicyclic) bond motifs is 1. The van der Waals surface area contributed by atoms with Crippen LogP contribution in [0, 0.1) is 6.92 Å². The standard InChI is InChI=1S/C11H10F3NO.2C2H6/c1-6-3-7-5-15(2)10(16)8(7)4-9(6)11(12,13)14;2*1-2/h3-4H,5H2,1-2H3;2*1-2H3. The summed E-state index contributed by atoms with van der Waals surface area (Å²) in [5.41, 5.74) is 0.266. The molecule has 0 bridgehead atoms. The van der Waals surface area contributed by atoms with Gasteiger partial charge in [-0.05, 0) is 24.1 Å². The van der Waals surface area contributed by atoms with Gasteiger partial charge in [0.15, 0.2) is 0 Å². The zero-order valence-corrected chi connectivity index (χ0v) is 12.9. The summed E-state index contributed by atoms with van der Waals surface area (Å²) in [6.07, 6.45) is -4.40. The molecule has 1 heterocycles. The lowest BCUT2D eigenvalue weighted by Gasteiger charge is -2.11. The highest BCUT2D eigenvalue weighted by molar-refractivity contribution is 5.98. The largest absolute Gasteiger partial charge is 0.416 e. The molecule has 0 saturated heterocycles. The summed E-state index contributed by atoms with van der Waals surface area (Å²) in [6.45, 7) is 9.79. The molecule has 1 amide bonds. The molecule has 2 rings (SSSR count). The second kappa shape index (κ2) is 7.31. The Morgan fingerprint density at radius 3 is 2.05 bits per heavy atom. The van der Waals surface area contributed by atoms with Crippen molar-refractivity contribution in [3.05, 3.63) is 34.4 Å². The van der Waals surface area contributed by atoms with Crippen molar-refractivity contribution in [3.8, 4) is 0 Å². The van der Waals surface area contributed by atoms with E-state index in [-0.39, 0.29) is 17.0 Å². The second-order valence-electron chi connectivity index (χ2n) is 3.98. The molecule has 0 aromatic heterocycles. The van der Waals surface area contributed by atoms with Gasteiger partial charge in [-0.2, -0.15) is 13.2 Å². The monoisotopic (exact) mass is 289 g/mol. The summed E-state index contributed by atoms with van der Waals surface area (Å²) < 4.78 is 37.8. The van der Waals surface area contributed by atoms with Gasteiger partial charge in [0.2, 0.25) is 0 Å². The highest BCUT2D eigenvalue weighted by Crippen LogP contribution is 2.35. The topological polar surface area (TPSA) is 20.3 Å². The minimum Gasteiger partial charge on any atom is -0.337 e. The Morgan fingerprint density at radius 1 is 1.10 bits per heavy atom. The van der Waals surface area contributed by atoms with Gasteiger partial charge in [0.25, 0.3) is 5.91 Å². The lowest BCUT2D eigenvalue weighted by atomic mass is 10.0. The number of hydrogen-bond acceptors (Lipinski definition) is 1. The number of nitrogens with zero attached hydrogens (tertiary/aromatic N) is 1. The summed E-state index contributed by atoms with van der Waals surface area (Å²) in [7, 11) is 1.57. The number of halogens is 3. The van der Waals surface area contributed by atoms with Gasteiger partial charge in [0.05, 0.1) is 5.56 Å². The molecule has 0 saturated carbocycles. The number of aryl methyl sites for hydroxylation is 1. The Labute approximate surface area is 118 Å². The Balaban J connectivity index is 0.000000829. The van der Waals surface area contributed by atoms with Crippen LogP contribution in [0.5, 0.6) is 0 Å². The molecule has 0 fully saturated rings. The molecule has 114 valence electrons. The lowest BCUT2D eigenvalue weighted by molar-refractivity contribution is -0.138. The van der Waals surface area contributed by atoms with E-state index in [0.717, 1.165) is 6.07 Å². The van der Waals surface area contributed by atoms with Crippen molar-refractivity contribution in [2.45, 2.75) is 47.3 Å². The third kappa shape index (κ3) is 3.74. The van der Waals surface area contributed by atoms with Crippen LogP contribution < -0.4 is 0 Å². The molecular formula is C15H22F3NO. The summed E-state index contributed by atoms with van der Waals surface area (Å²) >= 11 is 0. The fourth-order valence-electron chi connectivity index (χ4n) is 1.94. The van der Waals surface area contributed by atoms with Crippen LogP contribution in [0.1, 0.15) is 54.7 Å². The molecule has 0 radical (unpaired) electrons. The molecular weight excluding hydrogens is 267 g/mol. The molecule has 5 heteroatoms. The maximum Gasteiger partial charge on any atom is 0.416 e. The van der Waals surface area contributed by atoms with Crippen molar-refractivity contribution in [2.75, 3.05) is 7.05 Å². The predicted molar refractivity (Wildman–Crippen MR) is 74.7 cm³/mol. The van der Waals surface area contributed by atoms with Crippen LogP contribution in [0.15, 0.2) is 12.1 Å². The summed E-state index contributed by atoms with van der Waals surface area (Å²) in [5.74, 6) is -0.347. The molecule has 0 unspecified atom stereocenters. The first kappa shape index (κ1) is 18.5. The minimum absolute atomic E-state index is 0.161. The lowest BCUT2D eigenvalue weighted by Crippen LogP contribution is -2.17. The summed E-state index contributed by atoms with van der Waals surface area (Å²) in [5, 5.41) is 0. The first-order chi connectivity index (χ1) is 9.30. The van der Waals surface area contributed by atoms with Crippen LogP contribution in [0.2, 0.25) is 0 Å². The minimum atomic E-state index is -4.40. The van der Waals surface area contributed by atoms with Gasteiger partial charge in [-0.1, -0.05) is 33.8 Å². The highest BCUT2D eigenvalue weighted by atomic mass is 19.4. The Bertz CT molecular complexity index is 467. The van der Waals surface area contributed by atoms with Crippen molar-refractivity contribution in [2.24, 2.45) is 0 Å². The van der Waals surface area contributed by atoms with Crippen LogP contribution in [0.25, 0.3) is 0 Å². The van der Waals surface area contributed by atoms with Gasteiger partial charge >= 0.3 is 6.18 Å². The zero-order chi connectivity index (χ0) is 16.1. The quantitative estimate of drug-likeness (QED) is 0.680. The molecule has 0 N–H and O–H groups in total. The van der Waals surface area contributed by atoms with Crippen molar-refractivity contribution in [1.29, 1.82) is 0 Å². The molecule has 0 atom stereocenters. The van der Waals surface area contributed by atoms with Crippen molar-refractivity contribution < 1.29 is 18.0 Å². The van der Waals surface area contributed by atoms with Crippen LogP contribution in [0.4, 0.5) is 13.2 Å². The summed E-state index contributed by atoms with van der Waals surface area (Å²) in [6, 6.07) is 2.40. The fraction of sp³-hybridized carbons (Fsp3) is 0.533. The van der Waals surface area contributed by atoms with Gasteiger partial charge in [-0.3, -0.25) is 4.79 Å². The molecule has 1 aliphatic rings. The normalized spacial score (nSPS) is 13.1. The average Bonchev–Trinajstić information content (AvgIpc) is 2.67. The number of rotatable bonds is 0. The SMILES string of the molecule is CC.CC.Cc1cc2c(cc1C(F)(F)F)C(=O)N(C)C2. The van der Waals surface area contributed by atoms with E-state index in [9.17, 15) is 18.0 Å². The van der Waals surface area contributed by atoms with Gasteiger partial charge in [0.1, 0.15) is 0 Å². The van der Waals surface area contributed by atoms with Crippen molar-refractivity contribution in [1.82, 2.24) is 4.90 Å². The number of benzene rings is 1. The number of carbonyl (C=O) groups is 1. The fourth-order valence-corrected chi connectivity index (χ4v) is 1.94. The number of amides is 1. The first-order valence-corrected chi connectivity index (χ1v) is 6.77. The Kier molecular flexibility index (Phi) is 6.76. The predicted octanol–water partition coefficient (Wildman–Crippen LogP) is 4.65. The molecule has 20 heavy (non-hydrogen) atoms. The van der Waals surface area contributed by atoms with Crippen LogP contribution in [0.3, 0.4) is 0 Å². The van der Waals surface area contributed by atoms with E-state index in [1.54, 1.807) is 7.05 Å². The van der Waals surface area contributed by atoms with Crippen LogP contribution in [-0.2, 0) is 12.7 Å². The van der Waals surface area contributed by atoms with Gasteiger partial charge in [-0.25, -0.2) is 0 Å². The van der Waals surface area contributed by atoms with Crippen LogP contribution in [-0.4, -0.2) is 17.9 Å². The molecule has 0 aliphatic carbocycles. The van der Waals surface area contributed by atoms with E-state index in [0.29, 0.717) is 12.1 Å². The Hall–Kier alpha value is -1.52. The van der Waals surface area contributed by atoms with E-state index in [1.807, 2.05) is 27.7 Å². The highest BCUT2D eigenvalue weighted by Gasteiger charge is 2.35. The molecule has 1 aromatic rings. The summed E-state index contributed by atoms with van der Waals surface area (Å²) in [4.78, 5) is 13.0. The molecule has 1 aliphatic heterocycles. The van der Waals surface area contributed by atoms with Crippen molar-refractivity contribution >= 4 is 5.91 Å². The van der Waals surface area contributed by atoms with Gasteiger partial charge in [-0.15, -0.1) is 0 Å². The van der Waals surface area contributed by atoms with E-state index in [2.05, 4.69) is 0 Å². The number of carbonyl (C=O) groups excluding carboxylic acids is 1. The smallest absolute Gasteiger partial charge is 0.337 e. The molecule has 1 aromatic carbocycles. The average molecular weight is 289 g/mol. The molecule has 2 nitrogen and oxygen atoms in total. The van der Waals surface area contributed by atoms with E-state index in [1.165, 1.54) is 17.9 Å². The third-order valence-electron chi connectivity index (χ3n) is 2.74. The van der Waals surface area contributed by atoms with Gasteiger partial charge in [0, 0.05) is 19.2 Å². The van der Waals surface area contributed by atoms with Crippen LogP contribution >= 0.6 is 0 Å². The maximum atomic E-state index is 12.6. The second-order valence-corrected chi connectivity index (χ2v) is 3.98. The number of hydrogen-bond donors (Lipinski definition) is 0. The molecule has 0 spiro atoms. The zero-order valence-electron chi connectivity index (χ0n) is 12.9. The Morgan fingerprint density at radius 2 is 1.60 bits per heavy atom. The van der Waals surface area contributed by atoms with E-state index in [4.69, 9.17) is 0 Å². The first-order valence-electron chi connectivity index (χ1n) is 6.77. The van der Waals surface area contributed by atoms with Gasteiger partial charge < -0.3 is 4.90 Å². The number of alkyl halides is 3. The maximum absolute atomic E-state index is 12.6. The third-order valence-corrected chi connectivity index (χ3v) is 2.74. The van der Waals surface area contributed by atoms with E-state index >= 15 is 0 Å².